The molecule has 0 amide bonds. The van der Waals surface area contributed by atoms with Gasteiger partial charge < -0.3 is 75.8 Å². The average Bonchev–Trinajstić information content (AvgIpc) is 1.55. The SMILES string of the molecule is O=C1CC(C2CC3C(=O)OC(=O)C3c3ccccc32)C(=O)O1.O=C1CC(c2ccc(C3CC(=O)OC3=O)cc2)C(=O)O1.O=C1CC2(CC(=O)O1)CC(=O)OC2=O.O=C1CC2(CC3CC2C(=O)OC3=O)C(=O)O1.O=C1CC2C3CC(C2C(=O)O1)C1C(=O)OC(=O)C31.O=C1OC(=O)C2C3C=CC(C12)C1C(=O)OC(=O)C31.O=C1OC(=O)C2C3CC(C12)C1C(=O)OC(=O)C31.O=C1OC(=O)C2C3CCC(C12)C1C(=O)OC(=O)C31. The quantitative estimate of drug-likeness (QED) is 0.150. The third-order valence-corrected chi connectivity index (χ3v) is 33.3. The molecule has 2 aromatic carbocycles. The van der Waals surface area contributed by atoms with Crippen molar-refractivity contribution in [3.63, 3.8) is 0 Å². The van der Waals surface area contributed by atoms with Crippen LogP contribution in [0.5, 0.6) is 0 Å². The zero-order valence-electron chi connectivity index (χ0n) is 73.5. The lowest BCUT2D eigenvalue weighted by Crippen LogP contribution is -2.53. The molecule has 16 aliphatic heterocycles. The van der Waals surface area contributed by atoms with Crippen molar-refractivity contribution in [3.05, 3.63) is 82.9 Å². The number of rotatable bonds is 3. The van der Waals surface area contributed by atoms with Gasteiger partial charge in [-0.1, -0.05) is 60.7 Å². The number of allylic oxidation sites excluding steroid dienone is 2. The first-order valence-corrected chi connectivity index (χ1v) is 45.9. The number of esters is 32. The van der Waals surface area contributed by atoms with E-state index in [9.17, 15) is 153 Å². The van der Waals surface area contributed by atoms with Gasteiger partial charge in [-0.2, -0.15) is 0 Å². The number of hydrogen-bond donors (Lipinski definition) is 0. The number of carbonyl (C=O) groups is 32. The summed E-state index contributed by atoms with van der Waals surface area (Å²) in [5.74, 6) is -33.8. The zero-order chi connectivity index (χ0) is 101. The van der Waals surface area contributed by atoms with Crippen molar-refractivity contribution in [2.45, 2.75) is 120 Å². The Morgan fingerprint density at radius 3 is 0.965 bits per heavy atom. The molecule has 143 heavy (non-hydrogen) atoms. The first kappa shape index (κ1) is 93.7. The lowest BCUT2D eigenvalue weighted by molar-refractivity contribution is -0.176. The zero-order valence-corrected chi connectivity index (χ0v) is 73.5. The molecule has 740 valence electrons. The maximum atomic E-state index is 11.9. The highest BCUT2D eigenvalue weighted by Crippen LogP contribution is 2.67. The highest BCUT2D eigenvalue weighted by molar-refractivity contribution is 6.10. The van der Waals surface area contributed by atoms with E-state index in [1.54, 1.807) is 48.6 Å². The summed E-state index contributed by atoms with van der Waals surface area (Å²) in [6, 6.07) is 13.9. The number of ether oxygens (including phenoxy) is 16. The minimum absolute atomic E-state index is 0.0121. The predicted octanol–water partition coefficient (Wildman–Crippen LogP) is -1.27. The van der Waals surface area contributed by atoms with E-state index in [2.05, 4.69) is 71.1 Å². The molecule has 27 unspecified atom stereocenters. The topological polar surface area (TPSA) is 694 Å². The molecule has 12 aliphatic carbocycles. The molecule has 16 saturated heterocycles. The summed E-state index contributed by atoms with van der Waals surface area (Å²) < 4.78 is 73.2. The Bertz CT molecular complexity index is 6120. The molecule has 48 heteroatoms. The van der Waals surface area contributed by atoms with E-state index in [0.717, 1.165) is 5.56 Å². The molecule has 0 aromatic heterocycles. The van der Waals surface area contributed by atoms with E-state index in [1.807, 2.05) is 12.1 Å². The Labute approximate surface area is 796 Å². The lowest BCUT2D eigenvalue weighted by Gasteiger charge is -2.46. The molecular weight excluding hydrogens is 1910 g/mol. The first-order valence-electron chi connectivity index (χ1n) is 45.9. The predicted molar refractivity (Wildman–Crippen MR) is 422 cm³/mol. The monoisotopic (exact) mass is 1980 g/mol. The van der Waals surface area contributed by atoms with Crippen LogP contribution in [0.25, 0.3) is 0 Å². The van der Waals surface area contributed by atoms with Gasteiger partial charge in [-0.25, -0.2) is 0 Å². The second-order valence-corrected chi connectivity index (χ2v) is 39.9. The van der Waals surface area contributed by atoms with Gasteiger partial charge in [-0.15, -0.1) is 0 Å². The fourth-order valence-electron chi connectivity index (χ4n) is 27.7. The Morgan fingerprint density at radius 1 is 0.224 bits per heavy atom. The van der Waals surface area contributed by atoms with Crippen molar-refractivity contribution >= 4 is 191 Å². The molecule has 48 nitrogen and oxygen atoms in total. The maximum Gasteiger partial charge on any atom is 0.321 e. The molecule has 27 atom stereocenters. The van der Waals surface area contributed by atoms with Gasteiger partial charge in [0.25, 0.3) is 0 Å². The molecule has 16 heterocycles. The number of benzene rings is 2. The van der Waals surface area contributed by atoms with Crippen LogP contribution < -0.4 is 0 Å². The van der Waals surface area contributed by atoms with Gasteiger partial charge in [0.15, 0.2) is 0 Å². The van der Waals surface area contributed by atoms with Crippen molar-refractivity contribution < 1.29 is 229 Å². The Hall–Kier alpha value is -15.6. The second kappa shape index (κ2) is 34.1. The summed E-state index contributed by atoms with van der Waals surface area (Å²) in [6.07, 6.45) is 6.25. The van der Waals surface area contributed by atoms with Crippen molar-refractivity contribution in [3.8, 4) is 0 Å². The van der Waals surface area contributed by atoms with Gasteiger partial charge in [0, 0.05) is 18.3 Å². The van der Waals surface area contributed by atoms with Crippen LogP contribution >= 0.6 is 0 Å². The van der Waals surface area contributed by atoms with Crippen LogP contribution in [0.15, 0.2) is 60.7 Å². The molecule has 30 rings (SSSR count). The minimum atomic E-state index is -1.29. The van der Waals surface area contributed by atoms with Gasteiger partial charge in [0.05, 0.1) is 186 Å². The summed E-state index contributed by atoms with van der Waals surface area (Å²) in [6.45, 7) is 0. The Balaban J connectivity index is 0.0000000968. The van der Waals surface area contributed by atoms with Crippen LogP contribution in [-0.4, -0.2) is 191 Å². The highest BCUT2D eigenvalue weighted by Gasteiger charge is 2.76. The summed E-state index contributed by atoms with van der Waals surface area (Å²) in [5, 5.41) is 0. The van der Waals surface area contributed by atoms with Crippen molar-refractivity contribution in [1.29, 1.82) is 0 Å². The number of cyclic esters (lactones) is 32. The van der Waals surface area contributed by atoms with E-state index in [4.69, 9.17) is 4.74 Å². The van der Waals surface area contributed by atoms with Crippen LogP contribution in [-0.2, 0) is 229 Å². The van der Waals surface area contributed by atoms with E-state index in [-0.39, 0.29) is 105 Å². The summed E-state index contributed by atoms with van der Waals surface area (Å²) in [5.41, 5.74) is 0.428. The molecule has 25 fully saturated rings. The Morgan fingerprint density at radius 2 is 0.559 bits per heavy atom. The van der Waals surface area contributed by atoms with E-state index in [0.29, 0.717) is 55.2 Å². The van der Waals surface area contributed by atoms with Gasteiger partial charge in [-0.05, 0) is 115 Å². The second-order valence-electron chi connectivity index (χ2n) is 39.9. The maximum absolute atomic E-state index is 11.9. The molecule has 10 bridgehead atoms. The van der Waals surface area contributed by atoms with Crippen LogP contribution in [0.2, 0.25) is 0 Å². The summed E-state index contributed by atoms with van der Waals surface area (Å²) in [7, 11) is 0. The third-order valence-electron chi connectivity index (χ3n) is 33.3. The highest BCUT2D eigenvalue weighted by atomic mass is 16.7. The molecular formula is C95H72O48. The standard InChI is InChI=1S/C16H12O6.C14H10O6.2C12H10O6.C12H8O6.C11H8O6.C10H8O6.C8H6O6/c17-12-6-10(14(18)21-12)9-5-11-13(16(20)22-15(11)19)8-4-2-1-3-7(8)9;15-11-5-9(13(17)19-11)7-1-2-8(4-3-7)10-6-12(16)20-14(10)18;13-6-2-4-3-1-5(7(4)10(14)17-6)9-8(3)11(15)18-12(9)16;2*13-9-5-3-1-2-4(7(5)11(15)17-9)8-6(3)10(14)18-12(8)16;12-8-4-2-1-3(6(4)10(14)16-8)7-5(2)9(13)17-11(7)15;11-6-3-10(9(14)15-6)2-4-1-5(10)8(13)16-7(4)12;9-4-1-8(2-5(10)13-4)3-6(11)14-7(8)12/h1-4,9-11,13H,5-6H2;1-4,9-10H,5-6H2;3-5,7-9H,1-2H2;3-8H,1-2H2;1-8H;2-7H,1H2;4-5H,1-3H2;1-3H2. The molecule has 2 aromatic rings. The third kappa shape index (κ3) is 14.9. The fraction of sp³-hybridized carbons (Fsp3) is 0.516. The van der Waals surface area contributed by atoms with Crippen LogP contribution in [0.4, 0.5) is 0 Å². The molecule has 28 aliphatic rings. The van der Waals surface area contributed by atoms with Gasteiger partial charge >= 0.3 is 191 Å². The number of carbonyl (C=O) groups excluding carboxylic acids is 32. The van der Waals surface area contributed by atoms with Crippen LogP contribution in [0.3, 0.4) is 0 Å². The van der Waals surface area contributed by atoms with Crippen molar-refractivity contribution in [1.82, 2.24) is 0 Å². The smallest absolute Gasteiger partial charge is 0.321 e. The average molecular weight is 1980 g/mol. The molecule has 0 radical (unpaired) electrons. The largest absolute Gasteiger partial charge is 0.393 e. The fourth-order valence-corrected chi connectivity index (χ4v) is 27.7. The Kier molecular flexibility index (Phi) is 22.4. The van der Waals surface area contributed by atoms with E-state index >= 15 is 0 Å². The number of fused-ring (bicyclic) bond motifs is 23. The van der Waals surface area contributed by atoms with E-state index < -0.39 is 344 Å². The van der Waals surface area contributed by atoms with Crippen LogP contribution in [0.1, 0.15) is 142 Å². The van der Waals surface area contributed by atoms with Gasteiger partial charge in [-0.3, -0.25) is 153 Å². The molecule has 9 saturated carbocycles. The van der Waals surface area contributed by atoms with Crippen molar-refractivity contribution in [2.24, 2.45) is 177 Å². The van der Waals surface area contributed by atoms with Gasteiger partial charge in [0.2, 0.25) is 0 Å². The number of hydrogen-bond acceptors (Lipinski definition) is 48. The van der Waals surface area contributed by atoms with Crippen LogP contribution in [0, 0.1) is 177 Å². The lowest BCUT2D eigenvalue weighted by atomic mass is 9.51. The van der Waals surface area contributed by atoms with Crippen molar-refractivity contribution in [2.75, 3.05) is 0 Å². The van der Waals surface area contributed by atoms with E-state index in [1.165, 1.54) is 0 Å². The normalized spacial score (nSPS) is 40.2. The summed E-state index contributed by atoms with van der Waals surface area (Å²) in [4.78, 5) is 368. The summed E-state index contributed by atoms with van der Waals surface area (Å²) >= 11 is 0. The van der Waals surface area contributed by atoms with Gasteiger partial charge in [0.1, 0.15) is 0 Å². The molecule has 2 spiro atoms. The molecule has 0 N–H and O–H groups in total. The minimum Gasteiger partial charge on any atom is -0.393 e. The first-order chi connectivity index (χ1) is 68.0.